The highest BCUT2D eigenvalue weighted by atomic mass is 35.5. The quantitative estimate of drug-likeness (QED) is 0.818. The average molecular weight is 383 g/mol. The minimum Gasteiger partial charge on any atom is -0.489 e. The van der Waals surface area contributed by atoms with E-state index in [4.69, 9.17) is 16.3 Å². The summed E-state index contributed by atoms with van der Waals surface area (Å²) in [5.41, 5.74) is 0. The van der Waals surface area contributed by atoms with Gasteiger partial charge in [0.25, 0.3) is 0 Å². The van der Waals surface area contributed by atoms with E-state index in [0.29, 0.717) is 11.6 Å². The lowest BCUT2D eigenvalue weighted by molar-refractivity contribution is -0.126. The molecule has 3 rings (SSSR count). The highest BCUT2D eigenvalue weighted by Crippen LogP contribution is 2.27. The third-order valence-corrected chi connectivity index (χ3v) is 6.43. The Morgan fingerprint density at radius 2 is 2.04 bits per heavy atom. The molecule has 6 heteroatoms. The van der Waals surface area contributed by atoms with E-state index in [-0.39, 0.29) is 17.9 Å². The Kier molecular flexibility index (Phi) is 6.91. The van der Waals surface area contributed by atoms with Crippen LogP contribution < -0.4 is 10.1 Å². The number of benzene rings is 1. The minimum atomic E-state index is -0.0688. The van der Waals surface area contributed by atoms with Crippen molar-refractivity contribution in [2.75, 3.05) is 31.1 Å². The Hall–Kier alpha value is -0.910. The second-order valence-electron chi connectivity index (χ2n) is 6.96. The second-order valence-corrected chi connectivity index (χ2v) is 8.54. The van der Waals surface area contributed by atoms with Crippen LogP contribution in [0.3, 0.4) is 0 Å². The van der Waals surface area contributed by atoms with Crippen LogP contribution in [0.5, 0.6) is 5.75 Å². The molecular formula is C19H27ClN2O2S. The van der Waals surface area contributed by atoms with Gasteiger partial charge in [-0.2, -0.15) is 11.8 Å². The second kappa shape index (κ2) is 9.15. The summed E-state index contributed by atoms with van der Waals surface area (Å²) in [6.07, 6.45) is 3.18. The van der Waals surface area contributed by atoms with Crippen molar-refractivity contribution in [1.82, 2.24) is 10.2 Å². The van der Waals surface area contributed by atoms with Crippen LogP contribution in [0, 0.1) is 5.92 Å². The number of ether oxygens (including phenoxy) is 1. The van der Waals surface area contributed by atoms with E-state index in [1.165, 1.54) is 17.9 Å². The van der Waals surface area contributed by atoms with Gasteiger partial charge in [-0.05, 0) is 69.3 Å². The first-order chi connectivity index (χ1) is 12.1. The van der Waals surface area contributed by atoms with Gasteiger partial charge in [-0.25, -0.2) is 0 Å². The fourth-order valence-corrected chi connectivity index (χ4v) is 4.89. The lowest BCUT2D eigenvalue weighted by Crippen LogP contribution is -2.46. The number of likely N-dealkylation sites (tertiary alicyclic amines) is 1. The molecule has 0 saturated carbocycles. The van der Waals surface area contributed by atoms with E-state index in [0.717, 1.165) is 37.7 Å². The minimum absolute atomic E-state index is 0.0688. The van der Waals surface area contributed by atoms with Crippen LogP contribution in [0.4, 0.5) is 0 Å². The van der Waals surface area contributed by atoms with Crippen LogP contribution in [0.2, 0.25) is 5.02 Å². The Balaban J connectivity index is 1.37. The van der Waals surface area contributed by atoms with Gasteiger partial charge in [-0.15, -0.1) is 0 Å². The van der Waals surface area contributed by atoms with E-state index in [2.05, 4.69) is 22.0 Å². The van der Waals surface area contributed by atoms with E-state index < -0.39 is 0 Å². The van der Waals surface area contributed by atoms with E-state index in [1.54, 1.807) is 12.1 Å². The first-order valence-corrected chi connectivity index (χ1v) is 10.7. The number of piperidine rings is 1. The van der Waals surface area contributed by atoms with Crippen LogP contribution in [0.1, 0.15) is 26.2 Å². The molecule has 0 unspecified atom stereocenters. The molecule has 0 aliphatic carbocycles. The third kappa shape index (κ3) is 5.53. The predicted octanol–water partition coefficient (Wildman–Crippen LogP) is 3.44. The summed E-state index contributed by atoms with van der Waals surface area (Å²) in [6, 6.07) is 8.04. The molecule has 1 aromatic carbocycles. The molecule has 0 spiro atoms. The zero-order valence-corrected chi connectivity index (χ0v) is 16.3. The molecule has 2 atom stereocenters. The van der Waals surface area contributed by atoms with Gasteiger partial charge in [-0.1, -0.05) is 11.6 Å². The van der Waals surface area contributed by atoms with Crippen molar-refractivity contribution < 1.29 is 9.53 Å². The number of amides is 1. The number of nitrogens with zero attached hydrogens (tertiary/aromatic N) is 1. The molecule has 0 aromatic heterocycles. The maximum Gasteiger partial charge on any atom is 0.223 e. The van der Waals surface area contributed by atoms with Crippen molar-refractivity contribution in [3.63, 3.8) is 0 Å². The van der Waals surface area contributed by atoms with Crippen molar-refractivity contribution in [3.05, 3.63) is 29.3 Å². The summed E-state index contributed by atoms with van der Waals surface area (Å²) in [6.45, 7) is 4.61. The number of hydrogen-bond acceptors (Lipinski definition) is 4. The summed E-state index contributed by atoms with van der Waals surface area (Å²) in [5.74, 6) is 3.64. The molecule has 2 saturated heterocycles. The van der Waals surface area contributed by atoms with Crippen molar-refractivity contribution >= 4 is 29.3 Å². The largest absolute Gasteiger partial charge is 0.489 e. The number of carbonyl (C=O) groups is 1. The number of nitrogens with one attached hydrogen (secondary N) is 1. The van der Waals surface area contributed by atoms with E-state index >= 15 is 0 Å². The lowest BCUT2D eigenvalue weighted by Gasteiger charge is -2.35. The van der Waals surface area contributed by atoms with Crippen molar-refractivity contribution in [2.45, 2.75) is 38.3 Å². The van der Waals surface area contributed by atoms with Gasteiger partial charge in [0.05, 0.1) is 6.54 Å². The zero-order chi connectivity index (χ0) is 17.6. The topological polar surface area (TPSA) is 41.6 Å². The fourth-order valence-electron chi connectivity index (χ4n) is 3.51. The van der Waals surface area contributed by atoms with Gasteiger partial charge >= 0.3 is 0 Å². The molecule has 2 aliphatic rings. The van der Waals surface area contributed by atoms with Crippen molar-refractivity contribution in [3.8, 4) is 5.75 Å². The molecule has 4 nitrogen and oxygen atoms in total. The molecule has 1 N–H and O–H groups in total. The smallest absolute Gasteiger partial charge is 0.223 e. The number of carbonyl (C=O) groups excluding carboxylic acids is 1. The first-order valence-electron chi connectivity index (χ1n) is 9.13. The maximum atomic E-state index is 12.4. The fraction of sp³-hybridized carbons (Fsp3) is 0.632. The highest BCUT2D eigenvalue weighted by Gasteiger charge is 2.30. The lowest BCUT2D eigenvalue weighted by atomic mass is 9.94. The van der Waals surface area contributed by atoms with Crippen LogP contribution in [-0.4, -0.2) is 54.1 Å². The van der Waals surface area contributed by atoms with Gasteiger partial charge < -0.3 is 10.1 Å². The number of halogens is 1. The molecule has 1 amide bonds. The molecule has 138 valence electrons. The number of thioether (sulfide) groups is 1. The van der Waals surface area contributed by atoms with Gasteiger partial charge in [0, 0.05) is 22.7 Å². The SMILES string of the molecule is C[C@H](CNC(=O)C1CCN([C@@H]2CCSC2)CC1)Oc1ccc(Cl)cc1. The van der Waals surface area contributed by atoms with Crippen molar-refractivity contribution in [2.24, 2.45) is 5.92 Å². The van der Waals surface area contributed by atoms with Gasteiger partial charge in [-0.3, -0.25) is 9.69 Å². The van der Waals surface area contributed by atoms with Crippen LogP contribution in [0.25, 0.3) is 0 Å². The summed E-state index contributed by atoms with van der Waals surface area (Å²) in [4.78, 5) is 15.0. The van der Waals surface area contributed by atoms with Crippen LogP contribution in [-0.2, 0) is 4.79 Å². The summed E-state index contributed by atoms with van der Waals surface area (Å²) in [7, 11) is 0. The molecule has 2 fully saturated rings. The number of hydrogen-bond donors (Lipinski definition) is 1. The Morgan fingerprint density at radius 1 is 1.32 bits per heavy atom. The predicted molar refractivity (Wildman–Crippen MR) is 105 cm³/mol. The van der Waals surface area contributed by atoms with Gasteiger partial charge in [0.15, 0.2) is 0 Å². The summed E-state index contributed by atoms with van der Waals surface area (Å²) >= 11 is 7.92. The van der Waals surface area contributed by atoms with E-state index in [9.17, 15) is 4.79 Å². The third-order valence-electron chi connectivity index (χ3n) is 5.04. The molecule has 2 heterocycles. The Morgan fingerprint density at radius 3 is 2.68 bits per heavy atom. The number of rotatable bonds is 6. The van der Waals surface area contributed by atoms with Crippen LogP contribution in [0.15, 0.2) is 24.3 Å². The summed E-state index contributed by atoms with van der Waals surface area (Å²) in [5, 5.41) is 3.75. The van der Waals surface area contributed by atoms with E-state index in [1.807, 2.05) is 19.1 Å². The normalized spacial score (nSPS) is 23.4. The Labute approximate surface area is 159 Å². The van der Waals surface area contributed by atoms with Gasteiger partial charge in [0.2, 0.25) is 5.91 Å². The van der Waals surface area contributed by atoms with Crippen LogP contribution >= 0.6 is 23.4 Å². The van der Waals surface area contributed by atoms with Crippen molar-refractivity contribution in [1.29, 1.82) is 0 Å². The molecule has 0 radical (unpaired) electrons. The maximum absolute atomic E-state index is 12.4. The first kappa shape index (κ1) is 18.9. The summed E-state index contributed by atoms with van der Waals surface area (Å²) < 4.78 is 5.81. The molecule has 0 bridgehead atoms. The molecule has 2 aliphatic heterocycles. The zero-order valence-electron chi connectivity index (χ0n) is 14.7. The molecule has 25 heavy (non-hydrogen) atoms. The standard InChI is InChI=1S/C19H27ClN2O2S/c1-14(24-18-4-2-16(20)3-5-18)12-21-19(23)15-6-9-22(10-7-15)17-8-11-25-13-17/h2-5,14-15,17H,6-13H2,1H3,(H,21,23)/t14-,17-/m1/s1. The highest BCUT2D eigenvalue weighted by molar-refractivity contribution is 7.99. The molecular weight excluding hydrogens is 356 g/mol. The molecule has 1 aromatic rings. The Bertz CT molecular complexity index is 555. The van der Waals surface area contributed by atoms with Gasteiger partial charge in [0.1, 0.15) is 11.9 Å². The monoisotopic (exact) mass is 382 g/mol. The average Bonchev–Trinajstić information content (AvgIpc) is 3.16.